The molecule has 0 aromatic heterocycles. The summed E-state index contributed by atoms with van der Waals surface area (Å²) in [7, 11) is 4.40. The lowest BCUT2D eigenvalue weighted by atomic mass is 9.99. The number of Topliss-reactive ketones (excluding diaryl/α,β-unsaturated/α-hetero) is 2. The highest BCUT2D eigenvalue weighted by molar-refractivity contribution is 6.35. The fraction of sp³-hybridized carbons (Fsp3) is 0.717. The number of amides is 6. The van der Waals surface area contributed by atoms with Gasteiger partial charge in [-0.2, -0.15) is 0 Å². The molecule has 19 nitrogen and oxygen atoms in total. The molecule has 0 unspecified atom stereocenters. The SMILES string of the molecule is CC[C@H](C)[C@@H](NC(=O)[C@@H](NC(=O)[C@@H](CC(C)C)N(C)C(=O)[C@@H]1CCCN1C(=O)C(C)=O)[C@@H](C)OC(=O)[C@H](Cc1ccc(OC)cc1)N(C)C(=O)[C@@H]1CCCN1C(=O)[C@@H](N)CC(C)C)OCC(=O)CCC(C)C. The number of ketones is 2. The maximum atomic E-state index is 14.8. The maximum absolute atomic E-state index is 14.8. The van der Waals surface area contributed by atoms with Crippen molar-refractivity contribution < 1.29 is 57.4 Å². The van der Waals surface area contributed by atoms with Gasteiger partial charge in [-0.05, 0) is 93.7 Å². The monoisotopic (exact) mass is 1010 g/mol. The van der Waals surface area contributed by atoms with Crippen molar-refractivity contribution in [2.45, 2.75) is 182 Å². The van der Waals surface area contributed by atoms with Crippen molar-refractivity contribution in [3.05, 3.63) is 29.8 Å². The van der Waals surface area contributed by atoms with E-state index in [9.17, 15) is 43.2 Å². The average molecular weight is 1010 g/mol. The smallest absolute Gasteiger partial charge is 0.329 e. The van der Waals surface area contributed by atoms with E-state index in [1.54, 1.807) is 24.3 Å². The van der Waals surface area contributed by atoms with E-state index in [4.69, 9.17) is 19.9 Å². The molecule has 0 aliphatic carbocycles. The normalized spacial score (nSPS) is 18.7. The number of likely N-dealkylation sites (tertiary alicyclic amines) is 2. The second-order valence-electron chi connectivity index (χ2n) is 21.0. The molecule has 19 heteroatoms. The van der Waals surface area contributed by atoms with Gasteiger partial charge < -0.3 is 50.2 Å². The standard InChI is InChI=1S/C53H85N7O12/c1-14-34(8)48(71-30-38(62)22-19-31(2)3)56-47(64)45(55-46(63)43(28-33(6)7)57(11)51(67)41-17-15-25-59(41)49(65)35(9)61)36(10)72-53(69)44(29-37-20-23-39(70-13)24-21-37)58(12)52(68)42-18-16-26-60(42)50(66)40(54)27-32(4)5/h20-21,23-24,31-34,36,40-45,48H,14-19,22,25-30,54H2,1-13H3,(H,55,63)(H,56,64)/t34-,36+,40-,41-,42-,43+,44-,45-,48-/m0/s1. The van der Waals surface area contributed by atoms with E-state index in [2.05, 4.69) is 10.6 Å². The molecule has 2 aliphatic heterocycles. The number of ether oxygens (including phenoxy) is 3. The topological polar surface area (TPSA) is 244 Å². The Morgan fingerprint density at radius 1 is 0.750 bits per heavy atom. The van der Waals surface area contributed by atoms with Crippen molar-refractivity contribution in [1.82, 2.24) is 30.2 Å². The van der Waals surface area contributed by atoms with Gasteiger partial charge >= 0.3 is 5.97 Å². The Hall–Kier alpha value is -5.43. The van der Waals surface area contributed by atoms with E-state index in [1.807, 2.05) is 55.4 Å². The number of carbonyl (C=O) groups excluding carboxylic acids is 9. The number of hydrogen-bond acceptors (Lipinski definition) is 13. The van der Waals surface area contributed by atoms with Crippen molar-refractivity contribution in [3.63, 3.8) is 0 Å². The van der Waals surface area contributed by atoms with Crippen molar-refractivity contribution >= 4 is 53.0 Å². The number of carbonyl (C=O) groups is 9. The molecule has 6 amide bonds. The fourth-order valence-corrected chi connectivity index (χ4v) is 9.08. The molecule has 0 bridgehead atoms. The highest BCUT2D eigenvalue weighted by atomic mass is 16.5. The van der Waals surface area contributed by atoms with Crippen molar-refractivity contribution in [1.29, 1.82) is 0 Å². The molecule has 2 aliphatic rings. The van der Waals surface area contributed by atoms with Crippen LogP contribution < -0.4 is 21.1 Å². The minimum Gasteiger partial charge on any atom is -0.497 e. The van der Waals surface area contributed by atoms with Crippen LogP contribution in [0, 0.1) is 23.7 Å². The van der Waals surface area contributed by atoms with Crippen LogP contribution in [-0.2, 0) is 59.0 Å². The zero-order valence-corrected chi connectivity index (χ0v) is 45.2. The average Bonchev–Trinajstić information content (AvgIpc) is 4.04. The summed E-state index contributed by atoms with van der Waals surface area (Å²) >= 11 is 0. The first-order valence-corrected chi connectivity index (χ1v) is 25.8. The third kappa shape index (κ3) is 17.4. The number of nitrogens with zero attached hydrogens (tertiary/aromatic N) is 4. The third-order valence-corrected chi connectivity index (χ3v) is 13.7. The first-order valence-electron chi connectivity index (χ1n) is 25.8. The number of benzene rings is 1. The summed E-state index contributed by atoms with van der Waals surface area (Å²) in [4.78, 5) is 129. The Kier molecular flexibility index (Phi) is 24.3. The lowest BCUT2D eigenvalue weighted by Gasteiger charge is -2.36. The third-order valence-electron chi connectivity index (χ3n) is 13.7. The van der Waals surface area contributed by atoms with Crippen LogP contribution in [0.3, 0.4) is 0 Å². The first kappa shape index (κ1) is 60.9. The Bertz CT molecular complexity index is 2030. The van der Waals surface area contributed by atoms with Crippen LogP contribution in [0.2, 0.25) is 0 Å². The van der Waals surface area contributed by atoms with Crippen LogP contribution in [0.4, 0.5) is 0 Å². The van der Waals surface area contributed by atoms with Crippen LogP contribution >= 0.6 is 0 Å². The molecule has 1 aromatic carbocycles. The van der Waals surface area contributed by atoms with Gasteiger partial charge in [0, 0.05) is 52.9 Å². The van der Waals surface area contributed by atoms with E-state index in [0.717, 1.165) is 6.92 Å². The van der Waals surface area contributed by atoms with Crippen LogP contribution in [0.1, 0.15) is 133 Å². The van der Waals surface area contributed by atoms with Crippen LogP contribution in [0.15, 0.2) is 24.3 Å². The molecule has 2 heterocycles. The molecule has 2 saturated heterocycles. The molecule has 1 aromatic rings. The van der Waals surface area contributed by atoms with Crippen LogP contribution in [-0.4, -0.2) is 162 Å². The van der Waals surface area contributed by atoms with E-state index in [-0.39, 0.29) is 74.2 Å². The van der Waals surface area contributed by atoms with Gasteiger partial charge in [0.2, 0.25) is 35.3 Å². The predicted molar refractivity (Wildman–Crippen MR) is 271 cm³/mol. The molecule has 2 fully saturated rings. The van der Waals surface area contributed by atoms with E-state index in [1.165, 1.54) is 47.7 Å². The summed E-state index contributed by atoms with van der Waals surface area (Å²) in [5.41, 5.74) is 6.95. The summed E-state index contributed by atoms with van der Waals surface area (Å²) in [5, 5.41) is 5.62. The molecular weight excluding hydrogens is 927 g/mol. The maximum Gasteiger partial charge on any atom is 0.329 e. The minimum atomic E-state index is -1.62. The number of methoxy groups -OCH3 is 1. The molecule has 0 spiro atoms. The summed E-state index contributed by atoms with van der Waals surface area (Å²) in [6.07, 6.45) is 1.20. The largest absolute Gasteiger partial charge is 0.497 e. The predicted octanol–water partition coefficient (Wildman–Crippen LogP) is 3.81. The van der Waals surface area contributed by atoms with Gasteiger partial charge in [-0.1, -0.05) is 67.5 Å². The quantitative estimate of drug-likeness (QED) is 0.0615. The fourth-order valence-electron chi connectivity index (χ4n) is 9.08. The van der Waals surface area contributed by atoms with E-state index >= 15 is 0 Å². The number of esters is 1. The van der Waals surface area contributed by atoms with E-state index in [0.29, 0.717) is 56.4 Å². The Morgan fingerprint density at radius 2 is 1.31 bits per heavy atom. The first-order chi connectivity index (χ1) is 33.8. The molecule has 4 N–H and O–H groups in total. The Balaban J connectivity index is 2.07. The summed E-state index contributed by atoms with van der Waals surface area (Å²) < 4.78 is 17.5. The van der Waals surface area contributed by atoms with Crippen LogP contribution in [0.5, 0.6) is 5.75 Å². The van der Waals surface area contributed by atoms with Gasteiger partial charge in [0.1, 0.15) is 54.9 Å². The van der Waals surface area contributed by atoms with Crippen LogP contribution in [0.25, 0.3) is 0 Å². The molecule has 72 heavy (non-hydrogen) atoms. The van der Waals surface area contributed by atoms with Gasteiger partial charge in [0.15, 0.2) is 5.78 Å². The van der Waals surface area contributed by atoms with Gasteiger partial charge in [0.05, 0.1) is 13.2 Å². The number of nitrogens with one attached hydrogen (secondary N) is 2. The summed E-state index contributed by atoms with van der Waals surface area (Å²) in [6, 6.07) is 0.0828. The second-order valence-corrected chi connectivity index (χ2v) is 21.0. The zero-order chi connectivity index (χ0) is 54.1. The molecular formula is C53H85N7O12. The van der Waals surface area contributed by atoms with Gasteiger partial charge in [-0.3, -0.25) is 38.4 Å². The minimum absolute atomic E-state index is 0.0447. The van der Waals surface area contributed by atoms with Crippen molar-refractivity contribution in [2.24, 2.45) is 29.4 Å². The summed E-state index contributed by atoms with van der Waals surface area (Å²) in [6.45, 7) is 18.1. The van der Waals surface area contributed by atoms with Crippen molar-refractivity contribution in [2.75, 3.05) is 40.9 Å². The molecule has 0 saturated carbocycles. The molecule has 404 valence electrons. The number of hydrogen-bond donors (Lipinski definition) is 3. The molecule has 0 radical (unpaired) electrons. The van der Waals surface area contributed by atoms with E-state index < -0.39 is 89.9 Å². The lowest BCUT2D eigenvalue weighted by Crippen LogP contribution is -2.61. The van der Waals surface area contributed by atoms with Gasteiger partial charge in [-0.15, -0.1) is 0 Å². The second kappa shape index (κ2) is 28.7. The Labute approximate surface area is 427 Å². The highest BCUT2D eigenvalue weighted by Gasteiger charge is 2.44. The number of rotatable bonds is 28. The zero-order valence-electron chi connectivity index (χ0n) is 45.2. The number of nitrogens with two attached hydrogens (primary N) is 1. The Morgan fingerprint density at radius 3 is 1.83 bits per heavy atom. The molecule has 3 rings (SSSR count). The van der Waals surface area contributed by atoms with Gasteiger partial charge in [0.25, 0.3) is 5.91 Å². The van der Waals surface area contributed by atoms with Gasteiger partial charge in [-0.25, -0.2) is 4.79 Å². The van der Waals surface area contributed by atoms with Crippen molar-refractivity contribution in [3.8, 4) is 5.75 Å². The molecule has 9 atom stereocenters. The summed E-state index contributed by atoms with van der Waals surface area (Å²) in [5.74, 6) is -5.07. The number of likely N-dealkylation sites (N-methyl/N-ethyl adjacent to an activating group) is 2. The highest BCUT2D eigenvalue weighted by Crippen LogP contribution is 2.26. The lowest BCUT2D eigenvalue weighted by molar-refractivity contribution is -0.162.